The third-order valence-electron chi connectivity index (χ3n) is 3.22. The van der Waals surface area contributed by atoms with Crippen LogP contribution in [-0.4, -0.2) is 12.0 Å². The van der Waals surface area contributed by atoms with Crippen molar-refractivity contribution >= 4 is 27.4 Å². The van der Waals surface area contributed by atoms with E-state index in [2.05, 4.69) is 10.3 Å². The first-order chi connectivity index (χ1) is 9.20. The molecular formula is C15H12F2N2. The van der Waals surface area contributed by atoms with Gasteiger partial charge in [0.1, 0.15) is 5.69 Å². The van der Waals surface area contributed by atoms with Gasteiger partial charge in [-0.2, -0.15) is 0 Å². The Morgan fingerprint density at radius 1 is 1.05 bits per heavy atom. The molecule has 2 aromatic carbocycles. The van der Waals surface area contributed by atoms with Gasteiger partial charge in [-0.3, -0.25) is 0 Å². The fraction of sp³-hybridized carbons (Fsp3) is 0.133. The molecule has 19 heavy (non-hydrogen) atoms. The van der Waals surface area contributed by atoms with Gasteiger partial charge in [-0.25, -0.2) is 13.8 Å². The molecule has 0 fully saturated rings. The van der Waals surface area contributed by atoms with E-state index in [4.69, 9.17) is 0 Å². The van der Waals surface area contributed by atoms with Crippen molar-refractivity contribution in [3.8, 4) is 0 Å². The van der Waals surface area contributed by atoms with Crippen LogP contribution in [0.25, 0.3) is 21.7 Å². The number of alkyl halides is 2. The van der Waals surface area contributed by atoms with E-state index in [9.17, 15) is 8.78 Å². The van der Waals surface area contributed by atoms with Crippen molar-refractivity contribution in [2.45, 2.75) is 6.43 Å². The molecule has 3 aromatic rings. The molecule has 0 radical (unpaired) electrons. The highest BCUT2D eigenvalue weighted by Crippen LogP contribution is 2.31. The lowest BCUT2D eigenvalue weighted by Gasteiger charge is -2.10. The van der Waals surface area contributed by atoms with E-state index in [0.29, 0.717) is 11.2 Å². The minimum Gasteiger partial charge on any atom is -0.388 e. The third kappa shape index (κ3) is 1.89. The Labute approximate surface area is 109 Å². The van der Waals surface area contributed by atoms with Crippen LogP contribution in [0.2, 0.25) is 0 Å². The molecule has 1 heterocycles. The Balaban J connectivity index is 2.46. The Morgan fingerprint density at radius 3 is 2.58 bits per heavy atom. The largest absolute Gasteiger partial charge is 0.388 e. The summed E-state index contributed by atoms with van der Waals surface area (Å²) in [6.45, 7) is 0. The Morgan fingerprint density at radius 2 is 1.84 bits per heavy atom. The van der Waals surface area contributed by atoms with Gasteiger partial charge in [-0.1, -0.05) is 36.4 Å². The van der Waals surface area contributed by atoms with Crippen LogP contribution < -0.4 is 5.32 Å². The van der Waals surface area contributed by atoms with E-state index in [1.54, 1.807) is 7.05 Å². The number of anilines is 1. The minimum absolute atomic E-state index is 0.201. The van der Waals surface area contributed by atoms with Gasteiger partial charge in [0.15, 0.2) is 0 Å². The minimum atomic E-state index is -2.57. The molecule has 1 N–H and O–H groups in total. The maximum atomic E-state index is 12.9. The maximum Gasteiger partial charge on any atom is 0.280 e. The highest BCUT2D eigenvalue weighted by molar-refractivity contribution is 6.09. The molecule has 1 aromatic heterocycles. The van der Waals surface area contributed by atoms with Crippen molar-refractivity contribution in [1.29, 1.82) is 0 Å². The van der Waals surface area contributed by atoms with Crippen LogP contribution in [0.5, 0.6) is 0 Å². The van der Waals surface area contributed by atoms with Crippen LogP contribution in [0.15, 0.2) is 42.5 Å². The number of nitrogens with zero attached hydrogens (tertiary/aromatic N) is 1. The van der Waals surface area contributed by atoms with E-state index in [1.165, 1.54) is 6.07 Å². The second kappa shape index (κ2) is 4.46. The fourth-order valence-corrected chi connectivity index (χ4v) is 2.30. The first-order valence-corrected chi connectivity index (χ1v) is 5.99. The van der Waals surface area contributed by atoms with Gasteiger partial charge in [0.2, 0.25) is 0 Å². The number of fused-ring (bicyclic) bond motifs is 3. The number of benzene rings is 2. The van der Waals surface area contributed by atoms with Crippen LogP contribution in [0, 0.1) is 0 Å². The molecule has 0 bridgehead atoms. The zero-order valence-electron chi connectivity index (χ0n) is 10.3. The lowest BCUT2D eigenvalue weighted by molar-refractivity contribution is 0.146. The molecule has 96 valence electrons. The van der Waals surface area contributed by atoms with Gasteiger partial charge in [0.25, 0.3) is 6.43 Å². The molecule has 0 unspecified atom stereocenters. The zero-order chi connectivity index (χ0) is 13.4. The Kier molecular flexibility index (Phi) is 2.78. The molecular weight excluding hydrogens is 246 g/mol. The molecule has 0 saturated carbocycles. The molecule has 0 saturated heterocycles. The van der Waals surface area contributed by atoms with Crippen LogP contribution >= 0.6 is 0 Å². The van der Waals surface area contributed by atoms with Crippen molar-refractivity contribution in [2.24, 2.45) is 0 Å². The third-order valence-corrected chi connectivity index (χ3v) is 3.22. The molecule has 0 atom stereocenters. The number of aromatic nitrogens is 1. The fourth-order valence-electron chi connectivity index (χ4n) is 2.30. The van der Waals surface area contributed by atoms with Crippen LogP contribution in [0.3, 0.4) is 0 Å². The monoisotopic (exact) mass is 258 g/mol. The number of hydrogen-bond acceptors (Lipinski definition) is 2. The molecule has 3 rings (SSSR count). The van der Waals surface area contributed by atoms with Crippen LogP contribution in [-0.2, 0) is 0 Å². The zero-order valence-corrected chi connectivity index (χ0v) is 10.3. The number of halogens is 2. The van der Waals surface area contributed by atoms with Gasteiger partial charge in [0, 0.05) is 23.5 Å². The van der Waals surface area contributed by atoms with Gasteiger partial charge in [-0.15, -0.1) is 0 Å². The number of pyridine rings is 1. The average Bonchev–Trinajstić information content (AvgIpc) is 2.45. The summed E-state index contributed by atoms with van der Waals surface area (Å²) >= 11 is 0. The molecule has 0 aliphatic carbocycles. The maximum absolute atomic E-state index is 12.9. The summed E-state index contributed by atoms with van der Waals surface area (Å²) in [4.78, 5) is 4.12. The predicted octanol–water partition coefficient (Wildman–Crippen LogP) is 4.37. The highest BCUT2D eigenvalue weighted by atomic mass is 19.3. The highest BCUT2D eigenvalue weighted by Gasteiger charge is 2.14. The van der Waals surface area contributed by atoms with E-state index >= 15 is 0 Å². The Hall–Kier alpha value is -2.23. The first-order valence-electron chi connectivity index (χ1n) is 5.99. The van der Waals surface area contributed by atoms with Crippen molar-refractivity contribution in [3.05, 3.63) is 48.2 Å². The van der Waals surface area contributed by atoms with Gasteiger partial charge < -0.3 is 5.32 Å². The van der Waals surface area contributed by atoms with E-state index in [0.717, 1.165) is 16.2 Å². The standard InChI is InChI=1S/C15H12F2N2/c1-18-12-8-13(15(16)17)19-14-10-5-3-2-4-9(10)6-7-11(12)14/h2-8,15H,1H3,(H,18,19). The van der Waals surface area contributed by atoms with Crippen LogP contribution in [0.1, 0.15) is 12.1 Å². The first kappa shape index (κ1) is 11.8. The summed E-state index contributed by atoms with van der Waals surface area (Å²) in [7, 11) is 1.72. The summed E-state index contributed by atoms with van der Waals surface area (Å²) in [6, 6.07) is 12.9. The van der Waals surface area contributed by atoms with E-state index in [1.807, 2.05) is 36.4 Å². The van der Waals surface area contributed by atoms with E-state index < -0.39 is 6.43 Å². The normalized spacial score (nSPS) is 11.4. The second-order valence-corrected chi connectivity index (χ2v) is 4.33. The van der Waals surface area contributed by atoms with Gasteiger partial charge >= 0.3 is 0 Å². The summed E-state index contributed by atoms with van der Waals surface area (Å²) in [5.74, 6) is 0. The topological polar surface area (TPSA) is 24.9 Å². The molecule has 0 aliphatic rings. The SMILES string of the molecule is CNc1cc(C(F)F)nc2c1ccc1ccccc12. The molecule has 0 amide bonds. The van der Waals surface area contributed by atoms with Crippen molar-refractivity contribution in [1.82, 2.24) is 4.98 Å². The molecule has 4 heteroatoms. The molecule has 0 aliphatic heterocycles. The molecule has 2 nitrogen and oxygen atoms in total. The second-order valence-electron chi connectivity index (χ2n) is 4.33. The Bertz CT molecular complexity index is 754. The lowest BCUT2D eigenvalue weighted by Crippen LogP contribution is -1.97. The summed E-state index contributed by atoms with van der Waals surface area (Å²) < 4.78 is 25.8. The number of nitrogens with one attached hydrogen (secondary N) is 1. The smallest absolute Gasteiger partial charge is 0.280 e. The predicted molar refractivity (Wildman–Crippen MR) is 73.8 cm³/mol. The van der Waals surface area contributed by atoms with Crippen molar-refractivity contribution < 1.29 is 8.78 Å². The number of rotatable bonds is 2. The molecule has 0 spiro atoms. The van der Waals surface area contributed by atoms with Crippen molar-refractivity contribution in [2.75, 3.05) is 12.4 Å². The summed E-state index contributed by atoms with van der Waals surface area (Å²) in [5, 5.41) is 5.69. The quantitative estimate of drug-likeness (QED) is 0.690. The number of hydrogen-bond donors (Lipinski definition) is 1. The van der Waals surface area contributed by atoms with E-state index in [-0.39, 0.29) is 5.69 Å². The summed E-state index contributed by atoms with van der Waals surface area (Å²) in [5.41, 5.74) is 1.08. The van der Waals surface area contributed by atoms with Gasteiger partial charge in [-0.05, 0) is 11.5 Å². The lowest BCUT2D eigenvalue weighted by atomic mass is 10.0. The summed E-state index contributed by atoms with van der Waals surface area (Å²) in [6.07, 6.45) is -2.57. The van der Waals surface area contributed by atoms with Crippen LogP contribution in [0.4, 0.5) is 14.5 Å². The average molecular weight is 258 g/mol. The van der Waals surface area contributed by atoms with Gasteiger partial charge in [0.05, 0.1) is 5.52 Å². The van der Waals surface area contributed by atoms with Crippen molar-refractivity contribution in [3.63, 3.8) is 0 Å².